The summed E-state index contributed by atoms with van der Waals surface area (Å²) in [5.41, 5.74) is 1.72. The minimum absolute atomic E-state index is 0.459. The topological polar surface area (TPSA) is 20.2 Å². The molecule has 0 aliphatic rings. The van der Waals surface area contributed by atoms with Crippen molar-refractivity contribution in [2.45, 2.75) is 32.8 Å². The molecule has 1 N–H and O–H groups in total. The fourth-order valence-electron chi connectivity index (χ4n) is 2.41. The summed E-state index contributed by atoms with van der Waals surface area (Å²) in [6.07, 6.45) is -0.0779. The van der Waals surface area contributed by atoms with Gasteiger partial charge in [0.15, 0.2) is 0 Å². The van der Waals surface area contributed by atoms with E-state index in [1.807, 2.05) is 26.0 Å². The number of hydrogen-bond acceptors (Lipinski definition) is 1. The number of aryl methyl sites for hydroxylation is 2. The van der Waals surface area contributed by atoms with Crippen LogP contribution in [0.3, 0.4) is 0 Å². The van der Waals surface area contributed by atoms with Gasteiger partial charge in [-0.1, -0.05) is 32.0 Å². The number of aliphatic hydroxyl groups is 1. The molecule has 2 aromatic rings. The molecule has 0 saturated carbocycles. The molecule has 0 bridgehead atoms. The lowest BCUT2D eigenvalue weighted by molar-refractivity contribution is 0.207. The SMILES string of the molecule is CCc1ccc(CC)c(C(O)c2c(F)cc(F)cc2F)c1. The Labute approximate surface area is 122 Å². The Hall–Kier alpha value is -1.81. The summed E-state index contributed by atoms with van der Waals surface area (Å²) >= 11 is 0. The minimum atomic E-state index is -1.45. The Bertz CT molecular complexity index is 629. The van der Waals surface area contributed by atoms with Gasteiger partial charge in [-0.05, 0) is 29.5 Å². The van der Waals surface area contributed by atoms with Crippen molar-refractivity contribution in [3.8, 4) is 0 Å². The molecule has 0 aliphatic carbocycles. The van der Waals surface area contributed by atoms with E-state index in [9.17, 15) is 18.3 Å². The first-order valence-electron chi connectivity index (χ1n) is 6.92. The average Bonchev–Trinajstić information content (AvgIpc) is 2.45. The maximum absolute atomic E-state index is 13.8. The molecule has 0 aliphatic heterocycles. The fourth-order valence-corrected chi connectivity index (χ4v) is 2.41. The van der Waals surface area contributed by atoms with Gasteiger partial charge in [0.05, 0.1) is 5.56 Å². The van der Waals surface area contributed by atoms with Crippen molar-refractivity contribution in [2.75, 3.05) is 0 Å². The Kier molecular flexibility index (Phi) is 4.68. The first-order chi connectivity index (χ1) is 9.97. The van der Waals surface area contributed by atoms with E-state index in [0.717, 1.165) is 17.5 Å². The van der Waals surface area contributed by atoms with Crippen LogP contribution < -0.4 is 0 Å². The summed E-state index contributed by atoms with van der Waals surface area (Å²) in [6.45, 7) is 3.85. The number of rotatable bonds is 4. The summed E-state index contributed by atoms with van der Waals surface area (Å²) < 4.78 is 40.6. The zero-order chi connectivity index (χ0) is 15.6. The molecule has 21 heavy (non-hydrogen) atoms. The van der Waals surface area contributed by atoms with Crippen molar-refractivity contribution < 1.29 is 18.3 Å². The van der Waals surface area contributed by atoms with E-state index >= 15 is 0 Å². The van der Waals surface area contributed by atoms with Crippen LogP contribution >= 0.6 is 0 Å². The first kappa shape index (κ1) is 15.6. The van der Waals surface area contributed by atoms with Gasteiger partial charge in [-0.25, -0.2) is 13.2 Å². The predicted molar refractivity (Wildman–Crippen MR) is 75.6 cm³/mol. The summed E-state index contributed by atoms with van der Waals surface area (Å²) in [4.78, 5) is 0. The number of hydrogen-bond donors (Lipinski definition) is 1. The maximum atomic E-state index is 13.8. The van der Waals surface area contributed by atoms with Crippen molar-refractivity contribution in [3.05, 3.63) is 70.0 Å². The van der Waals surface area contributed by atoms with Crippen molar-refractivity contribution in [2.24, 2.45) is 0 Å². The fraction of sp³-hybridized carbons (Fsp3) is 0.294. The Morgan fingerprint density at radius 3 is 2.10 bits per heavy atom. The third kappa shape index (κ3) is 3.10. The molecule has 0 amide bonds. The van der Waals surface area contributed by atoms with E-state index in [0.29, 0.717) is 24.1 Å². The third-order valence-electron chi connectivity index (χ3n) is 3.61. The van der Waals surface area contributed by atoms with Gasteiger partial charge in [0.1, 0.15) is 23.6 Å². The van der Waals surface area contributed by atoms with Crippen LogP contribution in [-0.2, 0) is 12.8 Å². The molecule has 1 atom stereocenters. The second-order valence-corrected chi connectivity index (χ2v) is 4.93. The molecule has 4 heteroatoms. The molecule has 0 radical (unpaired) electrons. The van der Waals surface area contributed by atoms with Crippen molar-refractivity contribution in [3.63, 3.8) is 0 Å². The highest BCUT2D eigenvalue weighted by Crippen LogP contribution is 2.30. The second kappa shape index (κ2) is 6.31. The zero-order valence-electron chi connectivity index (χ0n) is 12.0. The lowest BCUT2D eigenvalue weighted by Gasteiger charge is -2.18. The number of benzene rings is 2. The van der Waals surface area contributed by atoms with Crippen LogP contribution in [0.15, 0.2) is 30.3 Å². The summed E-state index contributed by atoms with van der Waals surface area (Å²) in [7, 11) is 0. The maximum Gasteiger partial charge on any atom is 0.135 e. The molecule has 0 fully saturated rings. The van der Waals surface area contributed by atoms with Crippen molar-refractivity contribution >= 4 is 0 Å². The van der Waals surface area contributed by atoms with Crippen LogP contribution in [0.25, 0.3) is 0 Å². The van der Waals surface area contributed by atoms with Gasteiger partial charge in [0.25, 0.3) is 0 Å². The van der Waals surface area contributed by atoms with Crippen LogP contribution in [0, 0.1) is 17.5 Å². The highest BCUT2D eigenvalue weighted by molar-refractivity contribution is 5.40. The largest absolute Gasteiger partial charge is 0.383 e. The molecule has 0 aromatic heterocycles. The molecular weight excluding hydrogens is 277 g/mol. The molecule has 2 rings (SSSR count). The van der Waals surface area contributed by atoms with Gasteiger partial charge in [-0.15, -0.1) is 0 Å². The third-order valence-corrected chi connectivity index (χ3v) is 3.61. The normalized spacial score (nSPS) is 12.5. The van der Waals surface area contributed by atoms with Gasteiger partial charge in [0, 0.05) is 12.1 Å². The van der Waals surface area contributed by atoms with E-state index in [2.05, 4.69) is 0 Å². The van der Waals surface area contributed by atoms with Crippen LogP contribution in [0.2, 0.25) is 0 Å². The molecule has 1 unspecified atom stereocenters. The van der Waals surface area contributed by atoms with Crippen molar-refractivity contribution in [1.82, 2.24) is 0 Å². The van der Waals surface area contributed by atoms with E-state index in [-0.39, 0.29) is 0 Å². The lowest BCUT2D eigenvalue weighted by atomic mass is 9.92. The predicted octanol–water partition coefficient (Wildman–Crippen LogP) is 4.31. The lowest BCUT2D eigenvalue weighted by Crippen LogP contribution is -2.09. The first-order valence-corrected chi connectivity index (χ1v) is 6.92. The second-order valence-electron chi connectivity index (χ2n) is 4.93. The van der Waals surface area contributed by atoms with Gasteiger partial charge in [-0.3, -0.25) is 0 Å². The van der Waals surface area contributed by atoms with Crippen LogP contribution in [-0.4, -0.2) is 5.11 Å². The zero-order valence-corrected chi connectivity index (χ0v) is 12.0. The van der Waals surface area contributed by atoms with Crippen LogP contribution in [0.1, 0.15) is 42.2 Å². The number of halogens is 3. The quantitative estimate of drug-likeness (QED) is 0.891. The average molecular weight is 294 g/mol. The molecule has 2 aromatic carbocycles. The Balaban J connectivity index is 2.56. The Morgan fingerprint density at radius 1 is 0.952 bits per heavy atom. The molecule has 1 nitrogen and oxygen atoms in total. The molecular formula is C17H17F3O. The highest BCUT2D eigenvalue weighted by Gasteiger charge is 2.23. The van der Waals surface area contributed by atoms with Gasteiger partial charge < -0.3 is 5.11 Å². The van der Waals surface area contributed by atoms with E-state index in [4.69, 9.17) is 0 Å². The van der Waals surface area contributed by atoms with Crippen LogP contribution in [0.5, 0.6) is 0 Å². The smallest absolute Gasteiger partial charge is 0.135 e. The summed E-state index contributed by atoms with van der Waals surface area (Å²) in [5, 5.41) is 10.4. The molecule has 112 valence electrons. The van der Waals surface area contributed by atoms with Gasteiger partial charge >= 0.3 is 0 Å². The molecule has 0 saturated heterocycles. The van der Waals surface area contributed by atoms with E-state index < -0.39 is 29.1 Å². The highest BCUT2D eigenvalue weighted by atomic mass is 19.1. The molecule has 0 spiro atoms. The van der Waals surface area contributed by atoms with E-state index in [1.165, 1.54) is 0 Å². The monoisotopic (exact) mass is 294 g/mol. The Morgan fingerprint density at radius 2 is 1.57 bits per heavy atom. The summed E-state index contributed by atoms with van der Waals surface area (Å²) in [5.74, 6) is -3.16. The summed E-state index contributed by atoms with van der Waals surface area (Å²) in [6, 6.07) is 6.67. The number of aliphatic hydroxyl groups excluding tert-OH is 1. The molecule has 0 heterocycles. The van der Waals surface area contributed by atoms with Gasteiger partial charge in [0.2, 0.25) is 0 Å². The van der Waals surface area contributed by atoms with Crippen LogP contribution in [0.4, 0.5) is 13.2 Å². The van der Waals surface area contributed by atoms with Crippen molar-refractivity contribution in [1.29, 1.82) is 0 Å². The standard InChI is InChI=1S/C17H17F3O/c1-3-10-5-6-11(4-2)13(7-10)17(21)16-14(19)8-12(18)9-15(16)20/h5-9,17,21H,3-4H2,1-2H3. The van der Waals surface area contributed by atoms with E-state index in [1.54, 1.807) is 6.07 Å². The van der Waals surface area contributed by atoms with Gasteiger partial charge in [-0.2, -0.15) is 0 Å². The minimum Gasteiger partial charge on any atom is -0.383 e.